The van der Waals surface area contributed by atoms with E-state index in [1.54, 1.807) is 51.4 Å². The standard InChI is InChI=1S/C22H20ClN3O2/c1-14-17(11-12-19(24-14)15-7-5-4-6-8-15)21(27)25-20-13-16(23)9-10-18(20)22(28)26(2)3/h4-13H,1-3H3,(H,25,27). The Morgan fingerprint density at radius 1 is 0.964 bits per heavy atom. The van der Waals surface area contributed by atoms with Crippen LogP contribution in [0.25, 0.3) is 11.3 Å². The van der Waals surface area contributed by atoms with Gasteiger partial charge in [0.1, 0.15) is 0 Å². The van der Waals surface area contributed by atoms with Crippen molar-refractivity contribution in [1.82, 2.24) is 9.88 Å². The fourth-order valence-corrected chi connectivity index (χ4v) is 2.98. The Kier molecular flexibility index (Phi) is 5.76. The topological polar surface area (TPSA) is 62.3 Å². The summed E-state index contributed by atoms with van der Waals surface area (Å²) in [6.45, 7) is 1.78. The molecule has 1 aromatic heterocycles. The second kappa shape index (κ2) is 8.23. The van der Waals surface area contributed by atoms with Crippen LogP contribution in [-0.2, 0) is 0 Å². The Morgan fingerprint density at radius 2 is 1.64 bits per heavy atom. The molecule has 0 unspecified atom stereocenters. The van der Waals surface area contributed by atoms with E-state index in [0.717, 1.165) is 11.3 Å². The van der Waals surface area contributed by atoms with Gasteiger partial charge in [-0.1, -0.05) is 41.9 Å². The molecule has 0 fully saturated rings. The van der Waals surface area contributed by atoms with Crippen molar-refractivity contribution in [2.45, 2.75) is 6.92 Å². The highest BCUT2D eigenvalue weighted by Crippen LogP contribution is 2.24. The minimum absolute atomic E-state index is 0.221. The van der Waals surface area contributed by atoms with Crippen LogP contribution in [0, 0.1) is 6.92 Å². The molecule has 2 aromatic carbocycles. The van der Waals surface area contributed by atoms with Gasteiger partial charge in [0.05, 0.1) is 28.2 Å². The lowest BCUT2D eigenvalue weighted by atomic mass is 10.1. The van der Waals surface area contributed by atoms with Gasteiger partial charge in [-0.2, -0.15) is 0 Å². The molecule has 28 heavy (non-hydrogen) atoms. The second-order valence-electron chi connectivity index (χ2n) is 6.54. The van der Waals surface area contributed by atoms with Crippen molar-refractivity contribution in [3.63, 3.8) is 0 Å². The van der Waals surface area contributed by atoms with Crippen LogP contribution in [0.15, 0.2) is 60.7 Å². The molecule has 1 heterocycles. The molecule has 6 heteroatoms. The summed E-state index contributed by atoms with van der Waals surface area (Å²) in [6.07, 6.45) is 0. The van der Waals surface area contributed by atoms with Gasteiger partial charge in [-0.05, 0) is 37.3 Å². The summed E-state index contributed by atoms with van der Waals surface area (Å²) in [4.78, 5) is 31.2. The summed E-state index contributed by atoms with van der Waals surface area (Å²) in [7, 11) is 3.30. The van der Waals surface area contributed by atoms with Gasteiger partial charge in [0.25, 0.3) is 11.8 Å². The Labute approximate surface area is 169 Å². The number of aryl methyl sites for hydroxylation is 1. The van der Waals surface area contributed by atoms with E-state index in [9.17, 15) is 9.59 Å². The Morgan fingerprint density at radius 3 is 2.29 bits per heavy atom. The number of amides is 2. The van der Waals surface area contributed by atoms with Gasteiger partial charge < -0.3 is 10.2 Å². The van der Waals surface area contributed by atoms with E-state index in [4.69, 9.17) is 11.6 Å². The monoisotopic (exact) mass is 393 g/mol. The third kappa shape index (κ3) is 4.21. The fourth-order valence-electron chi connectivity index (χ4n) is 2.81. The summed E-state index contributed by atoms with van der Waals surface area (Å²) in [5.74, 6) is -0.569. The number of anilines is 1. The molecular weight excluding hydrogens is 374 g/mol. The number of hydrogen-bond acceptors (Lipinski definition) is 3. The molecule has 2 amide bonds. The van der Waals surface area contributed by atoms with E-state index >= 15 is 0 Å². The zero-order valence-corrected chi connectivity index (χ0v) is 16.6. The maximum atomic E-state index is 12.8. The van der Waals surface area contributed by atoms with Gasteiger partial charge in [-0.15, -0.1) is 0 Å². The van der Waals surface area contributed by atoms with Crippen molar-refractivity contribution in [2.24, 2.45) is 0 Å². The highest BCUT2D eigenvalue weighted by atomic mass is 35.5. The molecule has 0 radical (unpaired) electrons. The van der Waals surface area contributed by atoms with Gasteiger partial charge >= 0.3 is 0 Å². The molecule has 3 rings (SSSR count). The lowest BCUT2D eigenvalue weighted by Crippen LogP contribution is -2.24. The van der Waals surface area contributed by atoms with Crippen LogP contribution in [0.4, 0.5) is 5.69 Å². The van der Waals surface area contributed by atoms with E-state index in [1.165, 1.54) is 4.90 Å². The number of hydrogen-bond donors (Lipinski definition) is 1. The lowest BCUT2D eigenvalue weighted by Gasteiger charge is -2.16. The number of halogens is 1. The third-order valence-electron chi connectivity index (χ3n) is 4.27. The molecule has 3 aromatic rings. The smallest absolute Gasteiger partial charge is 0.257 e. The van der Waals surface area contributed by atoms with Crippen molar-refractivity contribution in [2.75, 3.05) is 19.4 Å². The fraction of sp³-hybridized carbons (Fsp3) is 0.136. The average molecular weight is 394 g/mol. The minimum atomic E-state index is -0.348. The number of benzene rings is 2. The van der Waals surface area contributed by atoms with Gasteiger partial charge in [-0.25, -0.2) is 0 Å². The van der Waals surface area contributed by atoms with Gasteiger partial charge in [0.2, 0.25) is 0 Å². The van der Waals surface area contributed by atoms with Crippen molar-refractivity contribution in [3.8, 4) is 11.3 Å². The first kappa shape index (κ1) is 19.6. The molecule has 142 valence electrons. The van der Waals surface area contributed by atoms with E-state index in [2.05, 4.69) is 10.3 Å². The van der Waals surface area contributed by atoms with Crippen LogP contribution in [-0.4, -0.2) is 35.8 Å². The summed E-state index contributed by atoms with van der Waals surface area (Å²) >= 11 is 6.06. The van der Waals surface area contributed by atoms with E-state index in [-0.39, 0.29) is 11.8 Å². The molecule has 0 aliphatic heterocycles. The van der Waals surface area contributed by atoms with Crippen molar-refractivity contribution < 1.29 is 9.59 Å². The maximum Gasteiger partial charge on any atom is 0.257 e. The Balaban J connectivity index is 1.90. The molecule has 5 nitrogen and oxygen atoms in total. The number of aromatic nitrogens is 1. The Bertz CT molecular complexity index is 1030. The van der Waals surface area contributed by atoms with Crippen LogP contribution in [0.3, 0.4) is 0 Å². The second-order valence-corrected chi connectivity index (χ2v) is 6.98. The van der Waals surface area contributed by atoms with Crippen molar-refractivity contribution in [1.29, 1.82) is 0 Å². The molecule has 0 saturated heterocycles. The number of pyridine rings is 1. The normalized spacial score (nSPS) is 10.4. The molecule has 0 aliphatic rings. The number of carbonyl (C=O) groups is 2. The summed E-state index contributed by atoms with van der Waals surface area (Å²) in [5.41, 5.74) is 3.54. The summed E-state index contributed by atoms with van der Waals surface area (Å²) in [5, 5.41) is 3.22. The third-order valence-corrected chi connectivity index (χ3v) is 4.50. The van der Waals surface area contributed by atoms with E-state index < -0.39 is 0 Å². The quantitative estimate of drug-likeness (QED) is 0.700. The summed E-state index contributed by atoms with van der Waals surface area (Å²) < 4.78 is 0. The summed E-state index contributed by atoms with van der Waals surface area (Å²) in [6, 6.07) is 18.1. The van der Waals surface area contributed by atoms with Crippen molar-refractivity contribution >= 4 is 29.1 Å². The molecule has 0 aliphatic carbocycles. The Hall–Kier alpha value is -3.18. The average Bonchev–Trinajstić information content (AvgIpc) is 2.68. The molecule has 0 bridgehead atoms. The first-order valence-corrected chi connectivity index (χ1v) is 9.10. The number of rotatable bonds is 4. The zero-order valence-electron chi connectivity index (χ0n) is 15.9. The number of nitrogens with one attached hydrogen (secondary N) is 1. The van der Waals surface area contributed by atoms with Crippen LogP contribution in [0.2, 0.25) is 5.02 Å². The lowest BCUT2D eigenvalue weighted by molar-refractivity contribution is 0.0828. The maximum absolute atomic E-state index is 12.8. The molecule has 0 atom stereocenters. The zero-order chi connectivity index (χ0) is 20.3. The molecule has 0 saturated carbocycles. The highest BCUT2D eigenvalue weighted by Gasteiger charge is 2.18. The molecule has 1 N–H and O–H groups in total. The van der Waals surface area contributed by atoms with Crippen LogP contribution in [0.1, 0.15) is 26.4 Å². The first-order chi connectivity index (χ1) is 13.4. The van der Waals surface area contributed by atoms with Gasteiger partial charge in [0.15, 0.2) is 0 Å². The van der Waals surface area contributed by atoms with Crippen LogP contribution >= 0.6 is 11.6 Å². The minimum Gasteiger partial charge on any atom is -0.345 e. The predicted molar refractivity (Wildman–Crippen MR) is 112 cm³/mol. The molecule has 0 spiro atoms. The number of carbonyl (C=O) groups excluding carboxylic acids is 2. The first-order valence-electron chi connectivity index (χ1n) is 8.72. The van der Waals surface area contributed by atoms with Gasteiger partial charge in [0, 0.05) is 24.7 Å². The van der Waals surface area contributed by atoms with Crippen LogP contribution in [0.5, 0.6) is 0 Å². The van der Waals surface area contributed by atoms with E-state index in [0.29, 0.717) is 27.5 Å². The SMILES string of the molecule is Cc1nc(-c2ccccc2)ccc1C(=O)Nc1cc(Cl)ccc1C(=O)N(C)C. The largest absolute Gasteiger partial charge is 0.345 e. The van der Waals surface area contributed by atoms with E-state index in [1.807, 2.05) is 30.3 Å². The van der Waals surface area contributed by atoms with Gasteiger partial charge in [-0.3, -0.25) is 14.6 Å². The number of nitrogens with zero attached hydrogens (tertiary/aromatic N) is 2. The van der Waals surface area contributed by atoms with Crippen LogP contribution < -0.4 is 5.32 Å². The predicted octanol–water partition coefficient (Wildman–Crippen LogP) is 4.66. The van der Waals surface area contributed by atoms with Crippen molar-refractivity contribution in [3.05, 3.63) is 82.5 Å². The molecular formula is C22H20ClN3O2. The highest BCUT2D eigenvalue weighted by molar-refractivity contribution is 6.31.